The Labute approximate surface area is 192 Å². The Morgan fingerprint density at radius 1 is 1.19 bits per heavy atom. The minimum absolute atomic E-state index is 0.0179. The zero-order valence-corrected chi connectivity index (χ0v) is 19.7. The normalized spacial score (nSPS) is 21.1. The minimum Gasteiger partial charge on any atom is -0.392 e. The number of halogens is 1. The van der Waals surface area contributed by atoms with E-state index in [0.717, 1.165) is 67.8 Å². The summed E-state index contributed by atoms with van der Waals surface area (Å²) in [6.45, 7) is 10.5. The zero-order chi connectivity index (χ0) is 23.1. The lowest BCUT2D eigenvalue weighted by molar-refractivity contribution is -0.117. The number of piperazine rings is 1. The molecule has 0 radical (unpaired) electrons. The van der Waals surface area contributed by atoms with Crippen molar-refractivity contribution in [3.63, 3.8) is 0 Å². The van der Waals surface area contributed by atoms with Crippen molar-refractivity contribution >= 4 is 11.6 Å². The van der Waals surface area contributed by atoms with Gasteiger partial charge in [0.15, 0.2) is 0 Å². The lowest BCUT2D eigenvalue weighted by Crippen LogP contribution is -2.50. The van der Waals surface area contributed by atoms with Crippen molar-refractivity contribution in [3.8, 4) is 0 Å². The number of allylic oxidation sites excluding steroid dienone is 4. The van der Waals surface area contributed by atoms with Gasteiger partial charge in [-0.25, -0.2) is 4.39 Å². The van der Waals surface area contributed by atoms with Gasteiger partial charge in [0.2, 0.25) is 5.91 Å². The number of nitrogens with one attached hydrogen (secondary N) is 1. The fourth-order valence-electron chi connectivity index (χ4n) is 4.61. The van der Waals surface area contributed by atoms with E-state index in [2.05, 4.69) is 22.0 Å². The average molecular weight is 444 g/mol. The fraction of sp³-hybridized carbons (Fsp3) is 0.577. The smallest absolute Gasteiger partial charge is 0.238 e. The molecule has 2 aliphatic rings. The van der Waals surface area contributed by atoms with E-state index < -0.39 is 6.10 Å². The maximum atomic E-state index is 13.9. The quantitative estimate of drug-likeness (QED) is 0.600. The van der Waals surface area contributed by atoms with E-state index in [1.165, 1.54) is 0 Å². The summed E-state index contributed by atoms with van der Waals surface area (Å²) in [7, 11) is 0. The van der Waals surface area contributed by atoms with Gasteiger partial charge < -0.3 is 10.4 Å². The van der Waals surface area contributed by atoms with Crippen LogP contribution in [0.1, 0.15) is 43.7 Å². The molecule has 0 bridgehead atoms. The molecule has 1 aliphatic heterocycles. The second-order valence-electron chi connectivity index (χ2n) is 9.43. The lowest BCUT2D eigenvalue weighted by atomic mass is 9.91. The first kappa shape index (κ1) is 24.6. The van der Waals surface area contributed by atoms with Crippen molar-refractivity contribution < 1.29 is 14.3 Å². The largest absolute Gasteiger partial charge is 0.392 e. The molecule has 2 atom stereocenters. The molecule has 0 aromatic heterocycles. The summed E-state index contributed by atoms with van der Waals surface area (Å²) in [5.74, 6) is 0.327. The number of rotatable bonds is 9. The molecule has 0 spiro atoms. The van der Waals surface area contributed by atoms with Crippen molar-refractivity contribution in [1.82, 2.24) is 9.80 Å². The third-order valence-corrected chi connectivity index (χ3v) is 6.54. The second-order valence-corrected chi connectivity index (χ2v) is 9.43. The van der Waals surface area contributed by atoms with Gasteiger partial charge in [-0.2, -0.15) is 0 Å². The maximum absolute atomic E-state index is 13.9. The standard InChI is InChI=1S/C26H38FN3O2/c1-19-10-11-24(27)22(16-19)8-5-9-23(31)17-29-12-14-30(15-13-29)18-25(32)28-26-20(2)6-4-7-21(26)3/h4,6-7,10-11,19,23,31H,5,8-9,12-18H2,1-3H3,(H,28,32)/t19-,23?/m0/s1. The van der Waals surface area contributed by atoms with Crippen LogP contribution in [-0.4, -0.2) is 66.2 Å². The number of β-amino-alcohol motifs (C(OH)–C–C–N with tert-alkyl or cyclic N) is 1. The third kappa shape index (κ3) is 7.26. The number of para-hydroxylation sites is 1. The summed E-state index contributed by atoms with van der Waals surface area (Å²) in [6.07, 6.45) is 6.12. The molecule has 32 heavy (non-hydrogen) atoms. The van der Waals surface area contributed by atoms with Crippen LogP contribution in [0.2, 0.25) is 0 Å². The predicted octanol–water partition coefficient (Wildman–Crippen LogP) is 4.21. The van der Waals surface area contributed by atoms with Gasteiger partial charge in [-0.15, -0.1) is 0 Å². The highest BCUT2D eigenvalue weighted by Crippen LogP contribution is 2.28. The highest BCUT2D eigenvalue weighted by atomic mass is 19.1. The number of benzene rings is 1. The minimum atomic E-state index is -0.394. The van der Waals surface area contributed by atoms with Crippen LogP contribution in [-0.2, 0) is 4.79 Å². The van der Waals surface area contributed by atoms with Crippen molar-refractivity contribution in [2.75, 3.05) is 44.6 Å². The zero-order valence-electron chi connectivity index (χ0n) is 19.7. The van der Waals surface area contributed by atoms with Gasteiger partial charge in [-0.1, -0.05) is 31.2 Å². The summed E-state index contributed by atoms with van der Waals surface area (Å²) in [6, 6.07) is 6.01. The third-order valence-electron chi connectivity index (χ3n) is 6.54. The van der Waals surface area contributed by atoms with Gasteiger partial charge in [-0.05, 0) is 68.2 Å². The van der Waals surface area contributed by atoms with Crippen LogP contribution in [0.3, 0.4) is 0 Å². The van der Waals surface area contributed by atoms with E-state index in [1.54, 1.807) is 6.08 Å². The molecule has 6 heteroatoms. The van der Waals surface area contributed by atoms with E-state index in [-0.39, 0.29) is 11.7 Å². The van der Waals surface area contributed by atoms with Gasteiger partial charge in [0, 0.05) is 38.4 Å². The monoisotopic (exact) mass is 443 g/mol. The van der Waals surface area contributed by atoms with Crippen LogP contribution in [0.15, 0.2) is 41.8 Å². The topological polar surface area (TPSA) is 55.8 Å². The molecule has 2 N–H and O–H groups in total. The summed E-state index contributed by atoms with van der Waals surface area (Å²) >= 11 is 0. The molecule has 1 aromatic rings. The first-order valence-electron chi connectivity index (χ1n) is 11.9. The van der Waals surface area contributed by atoms with Gasteiger partial charge in [-0.3, -0.25) is 14.6 Å². The molecule has 1 heterocycles. The first-order valence-corrected chi connectivity index (χ1v) is 11.9. The van der Waals surface area contributed by atoms with E-state index in [1.807, 2.05) is 38.1 Å². The Hall–Kier alpha value is -2.02. The molecule has 0 saturated carbocycles. The summed E-state index contributed by atoms with van der Waals surface area (Å²) in [5.41, 5.74) is 3.95. The van der Waals surface area contributed by atoms with Crippen LogP contribution in [0.25, 0.3) is 0 Å². The van der Waals surface area contributed by atoms with E-state index >= 15 is 0 Å². The first-order chi connectivity index (χ1) is 15.3. The van der Waals surface area contributed by atoms with Crippen molar-refractivity contribution in [3.05, 3.63) is 52.9 Å². The number of amides is 1. The number of aliphatic hydroxyl groups excluding tert-OH is 1. The Balaban J connectivity index is 1.34. The summed E-state index contributed by atoms with van der Waals surface area (Å²) in [4.78, 5) is 16.9. The number of anilines is 1. The SMILES string of the molecule is Cc1cccc(C)c1NC(=O)CN1CCN(CC(O)CCCC2=C(F)C=C[C@H](C)C2)CC1. The number of carbonyl (C=O) groups excluding carboxylic acids is 1. The van der Waals surface area contributed by atoms with E-state index in [4.69, 9.17) is 0 Å². The van der Waals surface area contributed by atoms with Crippen molar-refractivity contribution in [1.29, 1.82) is 0 Å². The number of aliphatic hydroxyl groups is 1. The molecular weight excluding hydrogens is 405 g/mol. The highest BCUT2D eigenvalue weighted by molar-refractivity contribution is 5.93. The Morgan fingerprint density at radius 3 is 2.53 bits per heavy atom. The van der Waals surface area contributed by atoms with Crippen LogP contribution >= 0.6 is 0 Å². The van der Waals surface area contributed by atoms with Crippen LogP contribution in [0, 0.1) is 19.8 Å². The van der Waals surface area contributed by atoms with Gasteiger partial charge in [0.05, 0.1) is 12.6 Å². The number of hydrogen-bond donors (Lipinski definition) is 2. The lowest BCUT2D eigenvalue weighted by Gasteiger charge is -2.35. The second kappa shape index (κ2) is 11.7. The van der Waals surface area contributed by atoms with Crippen molar-refractivity contribution in [2.24, 2.45) is 5.92 Å². The molecule has 3 rings (SSSR count). The molecule has 1 amide bonds. The molecule has 1 aromatic carbocycles. The predicted molar refractivity (Wildman–Crippen MR) is 128 cm³/mol. The van der Waals surface area contributed by atoms with Gasteiger partial charge >= 0.3 is 0 Å². The molecule has 1 saturated heterocycles. The van der Waals surface area contributed by atoms with E-state index in [9.17, 15) is 14.3 Å². The Kier molecular flexibility index (Phi) is 9.02. The number of carbonyl (C=O) groups is 1. The van der Waals surface area contributed by atoms with Crippen LogP contribution < -0.4 is 5.32 Å². The highest BCUT2D eigenvalue weighted by Gasteiger charge is 2.21. The molecule has 1 aliphatic carbocycles. The molecule has 176 valence electrons. The van der Waals surface area contributed by atoms with Crippen LogP contribution in [0.4, 0.5) is 10.1 Å². The van der Waals surface area contributed by atoms with Gasteiger partial charge in [0.25, 0.3) is 0 Å². The van der Waals surface area contributed by atoms with E-state index in [0.29, 0.717) is 25.4 Å². The summed E-state index contributed by atoms with van der Waals surface area (Å²) < 4.78 is 13.9. The molecule has 1 fully saturated rings. The van der Waals surface area contributed by atoms with Crippen molar-refractivity contribution in [2.45, 2.75) is 52.6 Å². The summed E-state index contributed by atoms with van der Waals surface area (Å²) in [5, 5.41) is 13.5. The molecular formula is C26H38FN3O2. The maximum Gasteiger partial charge on any atom is 0.238 e. The Morgan fingerprint density at radius 2 is 1.84 bits per heavy atom. The fourth-order valence-corrected chi connectivity index (χ4v) is 4.61. The van der Waals surface area contributed by atoms with Crippen LogP contribution in [0.5, 0.6) is 0 Å². The Bertz CT molecular complexity index is 823. The number of aryl methyl sites for hydroxylation is 2. The van der Waals surface area contributed by atoms with Gasteiger partial charge in [0.1, 0.15) is 5.83 Å². The molecule has 1 unspecified atom stereocenters. The average Bonchev–Trinajstić information content (AvgIpc) is 2.75. The molecule has 5 nitrogen and oxygen atoms in total. The number of hydrogen-bond acceptors (Lipinski definition) is 4. The number of nitrogens with zero attached hydrogens (tertiary/aromatic N) is 2.